The highest BCUT2D eigenvalue weighted by Crippen LogP contribution is 2.51. The predicted molar refractivity (Wildman–Crippen MR) is 352 cm³/mol. The number of hydrogen-bond donors (Lipinski definition) is 0. The molecule has 2 unspecified atom stereocenters. The van der Waals surface area contributed by atoms with E-state index >= 15 is 0 Å². The van der Waals surface area contributed by atoms with Gasteiger partial charge >= 0.3 is 0 Å². The summed E-state index contributed by atoms with van der Waals surface area (Å²) in [6.07, 6.45) is 27.9. The summed E-state index contributed by atoms with van der Waals surface area (Å²) in [4.78, 5) is 7.68. The Hall–Kier alpha value is -10.3. The molecule has 6 heteroatoms. The van der Waals surface area contributed by atoms with Gasteiger partial charge in [0.2, 0.25) is 0 Å². The van der Waals surface area contributed by atoms with Gasteiger partial charge in [0.15, 0.2) is 0 Å². The van der Waals surface area contributed by atoms with Crippen molar-refractivity contribution < 1.29 is 0 Å². The molecule has 6 nitrogen and oxygen atoms in total. The molecule has 398 valence electrons. The Morgan fingerprint density at radius 2 is 1.07 bits per heavy atom. The van der Waals surface area contributed by atoms with E-state index in [1.165, 1.54) is 154 Å². The monoisotopic (exact) mass is 1080 g/mol. The SMILES string of the molecule is C1=CC(N(C2=CC=C3C(C2)C2=C(CCC=C2)N3c2ccccc2)c2ccc3c(c2)c2cccc4c5cc6c(cc5n3c24)c2cccc3c4c(n6c32)=CCC(N(c2ccccc2)c2ccc3c(c2)c2ccccc2n3-c2ccccc2)C=4)=CCC1. The van der Waals surface area contributed by atoms with Crippen LogP contribution in [0.1, 0.15) is 38.5 Å². The average molecular weight is 1080 g/mol. The zero-order chi connectivity index (χ0) is 54.7. The Morgan fingerprint density at radius 3 is 1.86 bits per heavy atom. The Balaban J connectivity index is 0.741. The van der Waals surface area contributed by atoms with Gasteiger partial charge in [-0.05, 0) is 147 Å². The molecular formula is C78H56N6. The van der Waals surface area contributed by atoms with Crippen LogP contribution in [-0.4, -0.2) is 19.4 Å². The lowest BCUT2D eigenvalue weighted by Crippen LogP contribution is -2.38. The van der Waals surface area contributed by atoms with Crippen molar-refractivity contribution in [1.29, 1.82) is 0 Å². The second kappa shape index (κ2) is 17.6. The van der Waals surface area contributed by atoms with Crippen LogP contribution in [0.4, 0.5) is 22.7 Å². The van der Waals surface area contributed by atoms with Gasteiger partial charge in [0, 0.05) is 123 Å². The van der Waals surface area contributed by atoms with Crippen LogP contribution in [0.25, 0.3) is 105 Å². The zero-order valence-electron chi connectivity index (χ0n) is 46.3. The van der Waals surface area contributed by atoms with Crippen molar-refractivity contribution in [2.45, 2.75) is 44.6 Å². The number of para-hydroxylation sites is 6. The normalized spacial score (nSPS) is 17.7. The first-order chi connectivity index (χ1) is 41.7. The van der Waals surface area contributed by atoms with Crippen molar-refractivity contribution in [3.8, 4) is 5.69 Å². The molecule has 84 heavy (non-hydrogen) atoms. The fourth-order valence-electron chi connectivity index (χ4n) is 15.9. The molecule has 1 aliphatic heterocycles. The summed E-state index contributed by atoms with van der Waals surface area (Å²) in [5.74, 6) is 0.300. The third kappa shape index (κ3) is 6.45. The first-order valence-electron chi connectivity index (χ1n) is 30.1. The molecule has 0 amide bonds. The van der Waals surface area contributed by atoms with Gasteiger partial charge in [-0.3, -0.25) is 0 Å². The summed E-state index contributed by atoms with van der Waals surface area (Å²) in [6, 6.07) is 75.0. The van der Waals surface area contributed by atoms with Crippen molar-refractivity contribution in [3.63, 3.8) is 0 Å². The molecule has 9 aromatic carbocycles. The highest BCUT2D eigenvalue weighted by Gasteiger charge is 2.39. The highest BCUT2D eigenvalue weighted by molar-refractivity contribution is 6.27. The van der Waals surface area contributed by atoms with Crippen LogP contribution in [0.5, 0.6) is 0 Å². The number of aromatic nitrogens is 3. The lowest BCUT2D eigenvalue weighted by Gasteiger charge is -2.34. The van der Waals surface area contributed by atoms with Gasteiger partial charge < -0.3 is 28.1 Å². The minimum atomic E-state index is 0.0868. The second-order valence-corrected chi connectivity index (χ2v) is 23.7. The fraction of sp³-hybridized carbons (Fsp3) is 0.103. The summed E-state index contributed by atoms with van der Waals surface area (Å²) < 4.78 is 7.56. The Bertz CT molecular complexity index is 5450. The van der Waals surface area contributed by atoms with E-state index in [0.717, 1.165) is 38.5 Å². The predicted octanol–water partition coefficient (Wildman–Crippen LogP) is 18.1. The van der Waals surface area contributed by atoms with Crippen molar-refractivity contribution in [2.24, 2.45) is 5.92 Å². The number of anilines is 4. The smallest absolute Gasteiger partial charge is 0.0620 e. The molecule has 0 saturated carbocycles. The third-order valence-electron chi connectivity index (χ3n) is 19.3. The van der Waals surface area contributed by atoms with E-state index in [0.29, 0.717) is 5.92 Å². The number of hydrogen-bond acceptors (Lipinski definition) is 3. The number of rotatable bonds is 8. The van der Waals surface area contributed by atoms with Crippen molar-refractivity contribution in [3.05, 3.63) is 282 Å². The fourth-order valence-corrected chi connectivity index (χ4v) is 15.9. The molecule has 0 bridgehead atoms. The summed E-state index contributed by atoms with van der Waals surface area (Å²) in [5.41, 5.74) is 21.7. The molecule has 0 saturated heterocycles. The van der Waals surface area contributed by atoms with Crippen LogP contribution in [0.2, 0.25) is 0 Å². The van der Waals surface area contributed by atoms with Crippen LogP contribution in [-0.2, 0) is 0 Å². The molecule has 2 atom stereocenters. The van der Waals surface area contributed by atoms with Crippen LogP contribution in [0.15, 0.2) is 271 Å². The Kier molecular flexibility index (Phi) is 9.71. The lowest BCUT2D eigenvalue weighted by atomic mass is 9.86. The minimum absolute atomic E-state index is 0.0868. The quantitative estimate of drug-likeness (QED) is 0.151. The maximum Gasteiger partial charge on any atom is 0.0620 e. The largest absolute Gasteiger partial charge is 0.334 e. The van der Waals surface area contributed by atoms with Crippen molar-refractivity contribution >= 4 is 122 Å². The van der Waals surface area contributed by atoms with E-state index in [-0.39, 0.29) is 6.04 Å². The Morgan fingerprint density at radius 1 is 0.440 bits per heavy atom. The molecule has 4 aliphatic carbocycles. The van der Waals surface area contributed by atoms with Crippen LogP contribution in [0, 0.1) is 5.92 Å². The van der Waals surface area contributed by atoms with E-state index in [2.05, 4.69) is 283 Å². The number of fused-ring (bicyclic) bond motifs is 17. The maximum absolute atomic E-state index is 2.59. The highest BCUT2D eigenvalue weighted by atomic mass is 15.2. The minimum Gasteiger partial charge on any atom is -0.334 e. The van der Waals surface area contributed by atoms with Gasteiger partial charge in [-0.15, -0.1) is 0 Å². The van der Waals surface area contributed by atoms with E-state index in [1.54, 1.807) is 0 Å². The summed E-state index contributed by atoms with van der Waals surface area (Å²) >= 11 is 0. The summed E-state index contributed by atoms with van der Waals surface area (Å²) in [6.45, 7) is 0. The molecular weight excluding hydrogens is 1020 g/mol. The molecule has 0 spiro atoms. The summed E-state index contributed by atoms with van der Waals surface area (Å²) in [7, 11) is 0. The number of allylic oxidation sites excluding steroid dienone is 10. The van der Waals surface area contributed by atoms with Gasteiger partial charge in [-0.25, -0.2) is 0 Å². The summed E-state index contributed by atoms with van der Waals surface area (Å²) in [5, 5.41) is 14.2. The van der Waals surface area contributed by atoms with Gasteiger partial charge in [0.25, 0.3) is 0 Å². The molecule has 0 N–H and O–H groups in total. The van der Waals surface area contributed by atoms with E-state index in [1.807, 2.05) is 0 Å². The molecule has 14 aromatic rings. The van der Waals surface area contributed by atoms with Crippen molar-refractivity contribution in [1.82, 2.24) is 13.4 Å². The maximum atomic E-state index is 2.59. The van der Waals surface area contributed by atoms with E-state index in [9.17, 15) is 0 Å². The molecule has 5 aromatic heterocycles. The van der Waals surface area contributed by atoms with Gasteiger partial charge in [0.05, 0.1) is 44.7 Å². The topological polar surface area (TPSA) is 23.5 Å². The average Bonchev–Trinajstić information content (AvgIpc) is 1.84. The molecule has 0 fully saturated rings. The third-order valence-corrected chi connectivity index (χ3v) is 19.3. The van der Waals surface area contributed by atoms with E-state index < -0.39 is 0 Å². The van der Waals surface area contributed by atoms with E-state index in [4.69, 9.17) is 0 Å². The second-order valence-electron chi connectivity index (χ2n) is 23.7. The molecule has 19 rings (SSSR count). The van der Waals surface area contributed by atoms with Gasteiger partial charge in [-0.2, -0.15) is 0 Å². The van der Waals surface area contributed by atoms with Crippen molar-refractivity contribution in [2.75, 3.05) is 14.7 Å². The molecule has 0 radical (unpaired) electrons. The number of benzene rings is 9. The molecule has 6 heterocycles. The van der Waals surface area contributed by atoms with Gasteiger partial charge in [0.1, 0.15) is 0 Å². The zero-order valence-corrected chi connectivity index (χ0v) is 46.3. The van der Waals surface area contributed by atoms with Crippen LogP contribution in [0.3, 0.4) is 0 Å². The Labute approximate surface area is 485 Å². The van der Waals surface area contributed by atoms with Crippen LogP contribution >= 0.6 is 0 Å². The first-order valence-corrected chi connectivity index (χ1v) is 30.1. The first kappa shape index (κ1) is 46.3. The standard InChI is InChI=1S/C78H56N6/c1-5-19-49(20-6-1)79(53-35-39-71-63(43-53)57-27-13-15-33-69(57)81(71)51-23-9-3-10-24-51)55-37-41-73-65(45-55)59-29-17-31-61-67-48-76-68(47-75(67)83(73)77(59)61)62-32-18-30-60-66-46-56(38-42-74(66)84(76)78(60)62)80(50-21-7-2-8-22-50)54-36-40-72-64(44-54)58-28-14-16-34-70(58)82(72)52-25-11-4-12-26-52/h1,3-7,9-15,17-33,35-36,38-43,45-48,55,64H,2,8,16,34,37,44H2. The van der Waals surface area contributed by atoms with Crippen LogP contribution < -0.4 is 25.3 Å². The van der Waals surface area contributed by atoms with Gasteiger partial charge in [-0.1, -0.05) is 146 Å². The number of nitrogens with zero attached hydrogens (tertiary/aromatic N) is 6. The molecule has 5 aliphatic rings. The lowest BCUT2D eigenvalue weighted by molar-refractivity contribution is 0.702.